The summed E-state index contributed by atoms with van der Waals surface area (Å²) in [5.41, 5.74) is 4.72. The SMILES string of the molecule is Cc1cc(C)c(C(=O)Nc2ccc(Oc3ccccc3)cc2)cc1C. The summed E-state index contributed by atoms with van der Waals surface area (Å²) in [6.45, 7) is 6.02. The molecule has 0 fully saturated rings. The molecule has 0 aliphatic rings. The summed E-state index contributed by atoms with van der Waals surface area (Å²) >= 11 is 0. The Balaban J connectivity index is 1.71. The lowest BCUT2D eigenvalue weighted by Crippen LogP contribution is -2.13. The monoisotopic (exact) mass is 331 g/mol. The van der Waals surface area contributed by atoms with E-state index in [1.54, 1.807) is 0 Å². The third-order valence-corrected chi connectivity index (χ3v) is 4.18. The first kappa shape index (κ1) is 16.8. The van der Waals surface area contributed by atoms with Crippen LogP contribution in [0.2, 0.25) is 0 Å². The van der Waals surface area contributed by atoms with Crippen LogP contribution in [-0.4, -0.2) is 5.91 Å². The summed E-state index contributed by atoms with van der Waals surface area (Å²) < 4.78 is 5.76. The van der Waals surface area contributed by atoms with Gasteiger partial charge in [0.05, 0.1) is 0 Å². The van der Waals surface area contributed by atoms with Crippen molar-refractivity contribution in [1.29, 1.82) is 0 Å². The van der Waals surface area contributed by atoms with Gasteiger partial charge in [-0.15, -0.1) is 0 Å². The third-order valence-electron chi connectivity index (χ3n) is 4.18. The molecule has 3 heteroatoms. The molecule has 0 radical (unpaired) electrons. The molecule has 0 aliphatic heterocycles. The Labute approximate surface area is 148 Å². The Hall–Kier alpha value is -3.07. The molecule has 3 aromatic carbocycles. The fraction of sp³-hybridized carbons (Fsp3) is 0.136. The zero-order valence-electron chi connectivity index (χ0n) is 14.7. The first-order chi connectivity index (χ1) is 12.0. The molecule has 0 bridgehead atoms. The lowest BCUT2D eigenvalue weighted by Gasteiger charge is -2.11. The molecular weight excluding hydrogens is 310 g/mol. The van der Waals surface area contributed by atoms with Crippen LogP contribution in [0.15, 0.2) is 66.7 Å². The van der Waals surface area contributed by atoms with Gasteiger partial charge in [-0.2, -0.15) is 0 Å². The molecule has 126 valence electrons. The highest BCUT2D eigenvalue weighted by molar-refractivity contribution is 6.05. The van der Waals surface area contributed by atoms with Gasteiger partial charge < -0.3 is 10.1 Å². The topological polar surface area (TPSA) is 38.3 Å². The lowest BCUT2D eigenvalue weighted by molar-refractivity contribution is 0.102. The smallest absolute Gasteiger partial charge is 0.255 e. The molecule has 0 saturated carbocycles. The predicted molar refractivity (Wildman–Crippen MR) is 102 cm³/mol. The predicted octanol–water partition coefficient (Wildman–Crippen LogP) is 5.66. The first-order valence-corrected chi connectivity index (χ1v) is 8.25. The van der Waals surface area contributed by atoms with Gasteiger partial charge in [0.1, 0.15) is 11.5 Å². The molecule has 0 saturated heterocycles. The van der Waals surface area contributed by atoms with Crippen molar-refractivity contribution in [3.8, 4) is 11.5 Å². The van der Waals surface area contributed by atoms with Crippen molar-refractivity contribution in [3.05, 3.63) is 89.0 Å². The highest BCUT2D eigenvalue weighted by atomic mass is 16.5. The standard InChI is InChI=1S/C22H21NO2/c1-15-13-17(3)21(14-16(15)2)22(24)23-18-9-11-20(12-10-18)25-19-7-5-4-6-8-19/h4-14H,1-3H3,(H,23,24). The molecule has 3 rings (SSSR count). The Morgan fingerprint density at radius 2 is 1.36 bits per heavy atom. The fourth-order valence-electron chi connectivity index (χ4n) is 2.63. The molecule has 0 aliphatic carbocycles. The molecule has 0 aromatic heterocycles. The molecule has 1 N–H and O–H groups in total. The minimum Gasteiger partial charge on any atom is -0.457 e. The Morgan fingerprint density at radius 3 is 2.04 bits per heavy atom. The number of rotatable bonds is 4. The van der Waals surface area contributed by atoms with Gasteiger partial charge in [-0.3, -0.25) is 4.79 Å². The maximum absolute atomic E-state index is 12.5. The summed E-state index contributed by atoms with van der Waals surface area (Å²) in [7, 11) is 0. The summed E-state index contributed by atoms with van der Waals surface area (Å²) in [5.74, 6) is 1.41. The molecule has 0 atom stereocenters. The number of aryl methyl sites for hydroxylation is 3. The van der Waals surface area contributed by atoms with Gasteiger partial charge in [-0.1, -0.05) is 24.3 Å². The highest BCUT2D eigenvalue weighted by Gasteiger charge is 2.11. The number of anilines is 1. The number of nitrogens with one attached hydrogen (secondary N) is 1. The van der Waals surface area contributed by atoms with Crippen LogP contribution in [0, 0.1) is 20.8 Å². The van der Waals surface area contributed by atoms with Gasteiger partial charge >= 0.3 is 0 Å². The molecule has 25 heavy (non-hydrogen) atoms. The van der Waals surface area contributed by atoms with Crippen molar-refractivity contribution in [3.63, 3.8) is 0 Å². The van der Waals surface area contributed by atoms with E-state index in [1.165, 1.54) is 5.56 Å². The molecule has 0 spiro atoms. The molecular formula is C22H21NO2. The minimum atomic E-state index is -0.0997. The summed E-state index contributed by atoms with van der Waals surface area (Å²) in [5, 5.41) is 2.94. The average Bonchev–Trinajstić information content (AvgIpc) is 2.60. The van der Waals surface area contributed by atoms with E-state index in [1.807, 2.05) is 80.6 Å². The van der Waals surface area contributed by atoms with E-state index >= 15 is 0 Å². The zero-order valence-corrected chi connectivity index (χ0v) is 14.7. The van der Waals surface area contributed by atoms with E-state index < -0.39 is 0 Å². The molecule has 3 nitrogen and oxygen atoms in total. The van der Waals surface area contributed by atoms with E-state index in [2.05, 4.69) is 12.2 Å². The van der Waals surface area contributed by atoms with E-state index in [9.17, 15) is 4.79 Å². The molecule has 1 amide bonds. The lowest BCUT2D eigenvalue weighted by atomic mass is 10.0. The van der Waals surface area contributed by atoms with E-state index in [4.69, 9.17) is 4.74 Å². The summed E-state index contributed by atoms with van der Waals surface area (Å²) in [4.78, 5) is 12.5. The largest absolute Gasteiger partial charge is 0.457 e. The van der Waals surface area contributed by atoms with Crippen LogP contribution >= 0.6 is 0 Å². The zero-order chi connectivity index (χ0) is 17.8. The number of benzene rings is 3. The normalized spacial score (nSPS) is 10.4. The van der Waals surface area contributed by atoms with Crippen LogP contribution < -0.4 is 10.1 Å². The number of carbonyl (C=O) groups excluding carboxylic acids is 1. The van der Waals surface area contributed by atoms with Crippen LogP contribution in [0.4, 0.5) is 5.69 Å². The number of hydrogen-bond acceptors (Lipinski definition) is 2. The number of ether oxygens (including phenoxy) is 1. The number of para-hydroxylation sites is 1. The Morgan fingerprint density at radius 1 is 0.760 bits per heavy atom. The fourth-order valence-corrected chi connectivity index (χ4v) is 2.63. The highest BCUT2D eigenvalue weighted by Crippen LogP contribution is 2.23. The molecule has 3 aromatic rings. The molecule has 0 heterocycles. The quantitative estimate of drug-likeness (QED) is 0.670. The van der Waals surface area contributed by atoms with Crippen molar-refractivity contribution in [2.24, 2.45) is 0 Å². The number of carbonyl (C=O) groups is 1. The number of hydrogen-bond donors (Lipinski definition) is 1. The minimum absolute atomic E-state index is 0.0997. The van der Waals surface area contributed by atoms with E-state index in [0.29, 0.717) is 5.56 Å². The second-order valence-electron chi connectivity index (χ2n) is 6.15. The van der Waals surface area contributed by atoms with Crippen molar-refractivity contribution in [2.45, 2.75) is 20.8 Å². The van der Waals surface area contributed by atoms with Crippen LogP contribution in [-0.2, 0) is 0 Å². The van der Waals surface area contributed by atoms with Gasteiger partial charge in [0.2, 0.25) is 0 Å². The summed E-state index contributed by atoms with van der Waals surface area (Å²) in [6, 6.07) is 20.9. The second-order valence-corrected chi connectivity index (χ2v) is 6.15. The molecule has 0 unspecified atom stereocenters. The van der Waals surface area contributed by atoms with Gasteiger partial charge in [-0.25, -0.2) is 0 Å². The van der Waals surface area contributed by atoms with Crippen LogP contribution in [0.5, 0.6) is 11.5 Å². The second kappa shape index (κ2) is 7.22. The van der Waals surface area contributed by atoms with Crippen LogP contribution in [0.3, 0.4) is 0 Å². The van der Waals surface area contributed by atoms with Gasteiger partial charge in [-0.05, 0) is 79.9 Å². The first-order valence-electron chi connectivity index (χ1n) is 8.25. The van der Waals surface area contributed by atoms with Gasteiger partial charge in [0.25, 0.3) is 5.91 Å². The average molecular weight is 331 g/mol. The van der Waals surface area contributed by atoms with E-state index in [-0.39, 0.29) is 5.91 Å². The van der Waals surface area contributed by atoms with Crippen LogP contribution in [0.25, 0.3) is 0 Å². The van der Waals surface area contributed by atoms with Crippen molar-refractivity contribution in [2.75, 3.05) is 5.32 Å². The Kier molecular flexibility index (Phi) is 4.85. The van der Waals surface area contributed by atoms with Gasteiger partial charge in [0.15, 0.2) is 0 Å². The van der Waals surface area contributed by atoms with E-state index in [0.717, 1.165) is 28.3 Å². The van der Waals surface area contributed by atoms with Crippen LogP contribution in [0.1, 0.15) is 27.0 Å². The van der Waals surface area contributed by atoms with Crippen molar-refractivity contribution >= 4 is 11.6 Å². The Bertz CT molecular complexity index is 884. The summed E-state index contributed by atoms with van der Waals surface area (Å²) in [6.07, 6.45) is 0. The maximum Gasteiger partial charge on any atom is 0.255 e. The number of amides is 1. The van der Waals surface area contributed by atoms with Crippen molar-refractivity contribution in [1.82, 2.24) is 0 Å². The van der Waals surface area contributed by atoms with Crippen molar-refractivity contribution < 1.29 is 9.53 Å². The maximum atomic E-state index is 12.5. The third kappa shape index (κ3) is 4.07. The van der Waals surface area contributed by atoms with Gasteiger partial charge in [0, 0.05) is 11.3 Å².